The summed E-state index contributed by atoms with van der Waals surface area (Å²) < 4.78 is 0. The van der Waals surface area contributed by atoms with Gasteiger partial charge in [0.05, 0.1) is 10.6 Å². The molecule has 0 radical (unpaired) electrons. The maximum Gasteiger partial charge on any atom is 0.269 e. The van der Waals surface area contributed by atoms with Crippen LogP contribution in [0.1, 0.15) is 36.7 Å². The highest BCUT2D eigenvalue weighted by Crippen LogP contribution is 2.31. The number of amides is 1. The molecule has 2 rings (SSSR count). The third kappa shape index (κ3) is 3.85. The second kappa shape index (κ2) is 6.08. The van der Waals surface area contributed by atoms with E-state index in [-0.39, 0.29) is 22.4 Å². The summed E-state index contributed by atoms with van der Waals surface area (Å²) in [7, 11) is 0. The summed E-state index contributed by atoms with van der Waals surface area (Å²) in [6.45, 7) is 6.09. The van der Waals surface area contributed by atoms with Crippen molar-refractivity contribution in [3.05, 3.63) is 63.7 Å². The fourth-order valence-corrected chi connectivity index (χ4v) is 2.03. The lowest BCUT2D eigenvalue weighted by molar-refractivity contribution is -0.384. The van der Waals surface area contributed by atoms with Crippen LogP contribution in [0.5, 0.6) is 5.75 Å². The van der Waals surface area contributed by atoms with Gasteiger partial charge in [-0.3, -0.25) is 14.9 Å². The number of non-ortho nitro benzene ring substituents is 1. The molecule has 0 saturated carbocycles. The van der Waals surface area contributed by atoms with E-state index >= 15 is 0 Å². The molecule has 0 bridgehead atoms. The van der Waals surface area contributed by atoms with Gasteiger partial charge in [0.1, 0.15) is 5.75 Å². The Morgan fingerprint density at radius 2 is 1.74 bits per heavy atom. The molecule has 1 amide bonds. The normalized spacial score (nSPS) is 11.1. The zero-order valence-electron chi connectivity index (χ0n) is 13.2. The van der Waals surface area contributed by atoms with Crippen molar-refractivity contribution in [3.8, 4) is 5.75 Å². The molecular weight excluding hydrogens is 296 g/mol. The molecule has 23 heavy (non-hydrogen) atoms. The third-order valence-electron chi connectivity index (χ3n) is 3.45. The van der Waals surface area contributed by atoms with E-state index in [0.29, 0.717) is 5.69 Å². The van der Waals surface area contributed by atoms with E-state index in [2.05, 4.69) is 5.32 Å². The Kier molecular flexibility index (Phi) is 4.36. The van der Waals surface area contributed by atoms with E-state index < -0.39 is 10.8 Å². The van der Waals surface area contributed by atoms with Crippen molar-refractivity contribution in [1.29, 1.82) is 0 Å². The summed E-state index contributed by atoms with van der Waals surface area (Å²) in [4.78, 5) is 22.3. The average molecular weight is 314 g/mol. The first-order valence-electron chi connectivity index (χ1n) is 7.08. The number of nitrogens with zero attached hydrogens (tertiary/aromatic N) is 1. The summed E-state index contributed by atoms with van der Waals surface area (Å²) >= 11 is 0. The number of carbonyl (C=O) groups excluding carboxylic acids is 1. The van der Waals surface area contributed by atoms with Gasteiger partial charge in [0.15, 0.2) is 0 Å². The van der Waals surface area contributed by atoms with Crippen LogP contribution in [0, 0.1) is 10.1 Å². The number of nitro groups is 1. The van der Waals surface area contributed by atoms with Gasteiger partial charge in [-0.15, -0.1) is 0 Å². The molecule has 0 fully saturated rings. The van der Waals surface area contributed by atoms with Gasteiger partial charge >= 0.3 is 0 Å². The molecule has 0 spiro atoms. The third-order valence-corrected chi connectivity index (χ3v) is 3.45. The van der Waals surface area contributed by atoms with Crippen LogP contribution in [0.15, 0.2) is 42.5 Å². The zero-order valence-corrected chi connectivity index (χ0v) is 13.2. The highest BCUT2D eigenvalue weighted by Gasteiger charge is 2.17. The molecule has 0 unspecified atom stereocenters. The Morgan fingerprint density at radius 3 is 2.26 bits per heavy atom. The summed E-state index contributed by atoms with van der Waals surface area (Å²) in [5.41, 5.74) is 1.34. The standard InChI is InChI=1S/C17H18N2O4/c1-17(2,3)12-6-9-15(20)14(10-12)18-16(21)11-4-7-13(8-5-11)19(22)23/h4-10,20H,1-3H3,(H,18,21). The number of anilines is 1. The van der Waals surface area contributed by atoms with E-state index in [9.17, 15) is 20.0 Å². The van der Waals surface area contributed by atoms with Crippen molar-refractivity contribution in [2.24, 2.45) is 0 Å². The Bertz CT molecular complexity index is 746. The predicted molar refractivity (Wildman–Crippen MR) is 87.9 cm³/mol. The van der Waals surface area contributed by atoms with Gasteiger partial charge in [-0.05, 0) is 35.2 Å². The van der Waals surface area contributed by atoms with Gasteiger partial charge in [-0.2, -0.15) is 0 Å². The lowest BCUT2D eigenvalue weighted by Crippen LogP contribution is -2.15. The topological polar surface area (TPSA) is 92.5 Å². The summed E-state index contributed by atoms with van der Waals surface area (Å²) in [5.74, 6) is -0.477. The molecule has 0 aliphatic carbocycles. The van der Waals surface area contributed by atoms with Crippen LogP contribution in [0.4, 0.5) is 11.4 Å². The molecule has 120 valence electrons. The summed E-state index contributed by atoms with van der Waals surface area (Å²) in [5, 5.41) is 23.2. The van der Waals surface area contributed by atoms with E-state index in [1.54, 1.807) is 12.1 Å². The first-order chi connectivity index (χ1) is 10.7. The number of nitro benzene ring substituents is 1. The number of phenols is 1. The Hall–Kier alpha value is -2.89. The van der Waals surface area contributed by atoms with E-state index in [1.165, 1.54) is 30.3 Å². The minimum absolute atomic E-state index is 0.0340. The second-order valence-electron chi connectivity index (χ2n) is 6.24. The molecule has 0 saturated heterocycles. The molecule has 0 heterocycles. The van der Waals surface area contributed by atoms with Crippen LogP contribution >= 0.6 is 0 Å². The lowest BCUT2D eigenvalue weighted by atomic mass is 9.87. The van der Waals surface area contributed by atoms with E-state index in [4.69, 9.17) is 0 Å². The van der Waals surface area contributed by atoms with Gasteiger partial charge in [0.2, 0.25) is 0 Å². The molecule has 0 aliphatic heterocycles. The van der Waals surface area contributed by atoms with Crippen LogP contribution in [-0.2, 0) is 5.41 Å². The van der Waals surface area contributed by atoms with Crippen LogP contribution in [0.3, 0.4) is 0 Å². The molecule has 2 aromatic rings. The van der Waals surface area contributed by atoms with Crippen LogP contribution in [-0.4, -0.2) is 15.9 Å². The molecule has 6 heteroatoms. The molecule has 0 aromatic heterocycles. The van der Waals surface area contributed by atoms with Gasteiger partial charge < -0.3 is 10.4 Å². The van der Waals surface area contributed by atoms with Gasteiger partial charge in [-0.25, -0.2) is 0 Å². The molecule has 6 nitrogen and oxygen atoms in total. The number of hydrogen-bond donors (Lipinski definition) is 2. The quantitative estimate of drug-likeness (QED) is 0.511. The summed E-state index contributed by atoms with van der Waals surface area (Å²) in [6, 6.07) is 10.3. The van der Waals surface area contributed by atoms with Crippen LogP contribution in [0.2, 0.25) is 0 Å². The van der Waals surface area contributed by atoms with Crippen molar-refractivity contribution >= 4 is 17.3 Å². The average Bonchev–Trinajstić information content (AvgIpc) is 2.48. The largest absolute Gasteiger partial charge is 0.506 e. The fraction of sp³-hybridized carbons (Fsp3) is 0.235. The summed E-state index contributed by atoms with van der Waals surface area (Å²) in [6.07, 6.45) is 0. The maximum atomic E-state index is 12.2. The zero-order chi connectivity index (χ0) is 17.2. The number of benzene rings is 2. The smallest absolute Gasteiger partial charge is 0.269 e. The van der Waals surface area contributed by atoms with E-state index in [0.717, 1.165) is 5.56 Å². The number of rotatable bonds is 3. The molecule has 2 aromatic carbocycles. The maximum absolute atomic E-state index is 12.2. The Labute approximate surface area is 133 Å². The van der Waals surface area contributed by atoms with Crippen molar-refractivity contribution < 1.29 is 14.8 Å². The number of carbonyl (C=O) groups is 1. The monoisotopic (exact) mass is 314 g/mol. The van der Waals surface area contributed by atoms with Crippen LogP contribution < -0.4 is 5.32 Å². The lowest BCUT2D eigenvalue weighted by Gasteiger charge is -2.20. The minimum Gasteiger partial charge on any atom is -0.506 e. The highest BCUT2D eigenvalue weighted by molar-refractivity contribution is 6.05. The first kappa shape index (κ1) is 16.5. The van der Waals surface area contributed by atoms with Crippen LogP contribution in [0.25, 0.3) is 0 Å². The molecule has 0 aliphatic rings. The van der Waals surface area contributed by atoms with Crippen molar-refractivity contribution in [2.45, 2.75) is 26.2 Å². The Morgan fingerprint density at radius 1 is 1.13 bits per heavy atom. The minimum atomic E-state index is -0.527. The molecule has 0 atom stereocenters. The van der Waals surface area contributed by atoms with Gasteiger partial charge in [0.25, 0.3) is 11.6 Å². The SMILES string of the molecule is CC(C)(C)c1ccc(O)c(NC(=O)c2ccc([N+](=O)[O-])cc2)c1. The second-order valence-corrected chi connectivity index (χ2v) is 6.24. The van der Waals surface area contributed by atoms with Crippen molar-refractivity contribution in [3.63, 3.8) is 0 Å². The van der Waals surface area contributed by atoms with Crippen molar-refractivity contribution in [1.82, 2.24) is 0 Å². The fourth-order valence-electron chi connectivity index (χ4n) is 2.03. The molecular formula is C17H18N2O4. The highest BCUT2D eigenvalue weighted by atomic mass is 16.6. The molecule has 2 N–H and O–H groups in total. The van der Waals surface area contributed by atoms with Gasteiger partial charge in [0, 0.05) is 17.7 Å². The Balaban J connectivity index is 2.24. The van der Waals surface area contributed by atoms with Crippen molar-refractivity contribution in [2.75, 3.05) is 5.32 Å². The predicted octanol–water partition coefficient (Wildman–Crippen LogP) is 3.85. The van der Waals surface area contributed by atoms with E-state index in [1.807, 2.05) is 20.8 Å². The first-order valence-corrected chi connectivity index (χ1v) is 7.08. The van der Waals surface area contributed by atoms with Gasteiger partial charge in [-0.1, -0.05) is 26.8 Å². The number of nitrogens with one attached hydrogen (secondary N) is 1. The number of phenolic OH excluding ortho intramolecular Hbond substituents is 1. The number of aromatic hydroxyl groups is 1. The number of hydrogen-bond acceptors (Lipinski definition) is 4.